The molecule has 0 amide bonds. The van der Waals surface area contributed by atoms with Gasteiger partial charge >= 0.3 is 0 Å². The van der Waals surface area contributed by atoms with Gasteiger partial charge in [-0.05, 0) is 35.5 Å². The van der Waals surface area contributed by atoms with Crippen LogP contribution in [0.5, 0.6) is 0 Å². The molecule has 0 aromatic heterocycles. The van der Waals surface area contributed by atoms with Gasteiger partial charge in [-0.3, -0.25) is 5.21 Å². The first-order chi connectivity index (χ1) is 12.4. The van der Waals surface area contributed by atoms with Gasteiger partial charge in [0.15, 0.2) is 5.82 Å². The molecule has 0 atom stereocenters. The molecule has 0 fully saturated rings. The Kier molecular flexibility index (Phi) is 5.01. The molecule has 2 aromatic carbocycles. The lowest BCUT2D eigenvalue weighted by Crippen LogP contribution is -2.32. The van der Waals surface area contributed by atoms with Gasteiger partial charge < -0.3 is 4.90 Å². The predicted octanol–water partition coefficient (Wildman–Crippen LogP) is 2.46. The van der Waals surface area contributed by atoms with E-state index in [1.54, 1.807) is 50.5 Å². The summed E-state index contributed by atoms with van der Waals surface area (Å²) in [7, 11) is 3.30. The molecule has 1 aliphatic heterocycles. The van der Waals surface area contributed by atoms with Crippen molar-refractivity contribution >= 4 is 17.3 Å². The van der Waals surface area contributed by atoms with Crippen LogP contribution in [0.4, 0.5) is 4.39 Å². The highest BCUT2D eigenvalue weighted by molar-refractivity contribution is 6.30. The second kappa shape index (κ2) is 7.23. The fourth-order valence-electron chi connectivity index (χ4n) is 2.79. The number of fused-ring (bicyclic) bond motifs is 1. The van der Waals surface area contributed by atoms with Gasteiger partial charge in [-0.2, -0.15) is 0 Å². The number of nitroso groups, excluding NO2 is 1. The van der Waals surface area contributed by atoms with Crippen molar-refractivity contribution in [3.63, 3.8) is 0 Å². The molecule has 0 saturated heterocycles. The molecule has 0 unspecified atom stereocenters. The first-order valence-electron chi connectivity index (χ1n) is 7.76. The number of rotatable bonds is 3. The van der Waals surface area contributed by atoms with E-state index in [4.69, 9.17) is 11.6 Å². The highest BCUT2D eigenvalue weighted by Crippen LogP contribution is 2.22. The Labute approximate surface area is 154 Å². The number of benzene rings is 2. The molecule has 3 rings (SSSR count). The number of nitrogens with zero attached hydrogens (tertiary/aromatic N) is 4. The van der Waals surface area contributed by atoms with Gasteiger partial charge in [0.25, 0.3) is 0 Å². The molecule has 0 saturated carbocycles. The van der Waals surface area contributed by atoms with Crippen LogP contribution in [0.25, 0.3) is 5.70 Å². The SMILES string of the molecule is CN(C)/C(N=O)=C1\CN(O)C(c2ccccc2F)=c2cc(Cl)ccc2=N1. The number of hydrogen-bond donors (Lipinski definition) is 1. The van der Waals surface area contributed by atoms with E-state index >= 15 is 0 Å². The molecule has 1 N–H and O–H groups in total. The maximum absolute atomic E-state index is 14.4. The molecule has 0 radical (unpaired) electrons. The first kappa shape index (κ1) is 18.0. The van der Waals surface area contributed by atoms with Crippen LogP contribution in [0, 0.1) is 10.7 Å². The van der Waals surface area contributed by atoms with E-state index in [1.807, 2.05) is 0 Å². The summed E-state index contributed by atoms with van der Waals surface area (Å²) in [6.45, 7) is -0.144. The van der Waals surface area contributed by atoms with Crippen LogP contribution in [-0.2, 0) is 0 Å². The Hall–Kier alpha value is -2.77. The lowest BCUT2D eigenvalue weighted by atomic mass is 10.1. The molecule has 2 aromatic rings. The van der Waals surface area contributed by atoms with Crippen LogP contribution in [0.15, 0.2) is 64.2 Å². The average Bonchev–Trinajstić information content (AvgIpc) is 2.72. The van der Waals surface area contributed by atoms with Gasteiger partial charge in [0.2, 0.25) is 0 Å². The topological polar surface area (TPSA) is 68.5 Å². The summed E-state index contributed by atoms with van der Waals surface area (Å²) in [5, 5.41) is 15.9. The van der Waals surface area contributed by atoms with Crippen molar-refractivity contribution in [1.29, 1.82) is 0 Å². The minimum atomic E-state index is -0.499. The van der Waals surface area contributed by atoms with Crippen LogP contribution < -0.4 is 10.6 Å². The van der Waals surface area contributed by atoms with Crippen LogP contribution in [0.2, 0.25) is 5.02 Å². The molecule has 6 nitrogen and oxygen atoms in total. The van der Waals surface area contributed by atoms with E-state index in [1.165, 1.54) is 11.0 Å². The molecule has 1 aliphatic rings. The van der Waals surface area contributed by atoms with Crippen molar-refractivity contribution in [3.05, 3.63) is 85.9 Å². The quantitative estimate of drug-likeness (QED) is 0.838. The Morgan fingerprint density at radius 3 is 2.69 bits per heavy atom. The molecule has 0 aliphatic carbocycles. The first-order valence-corrected chi connectivity index (χ1v) is 8.14. The minimum Gasteiger partial charge on any atom is -0.358 e. The van der Waals surface area contributed by atoms with Crippen molar-refractivity contribution in [3.8, 4) is 0 Å². The van der Waals surface area contributed by atoms with Crippen molar-refractivity contribution in [1.82, 2.24) is 9.96 Å². The molecule has 0 spiro atoms. The van der Waals surface area contributed by atoms with E-state index in [2.05, 4.69) is 10.2 Å². The summed E-state index contributed by atoms with van der Waals surface area (Å²) >= 11 is 6.11. The van der Waals surface area contributed by atoms with Crippen molar-refractivity contribution in [2.45, 2.75) is 0 Å². The summed E-state index contributed by atoms with van der Waals surface area (Å²) in [4.78, 5) is 17.2. The zero-order chi connectivity index (χ0) is 18.8. The molecular weight excluding hydrogens is 359 g/mol. The summed E-state index contributed by atoms with van der Waals surface area (Å²) < 4.78 is 14.4. The lowest BCUT2D eigenvalue weighted by Gasteiger charge is -2.21. The van der Waals surface area contributed by atoms with Crippen LogP contribution in [0.3, 0.4) is 0 Å². The average molecular weight is 375 g/mol. The summed E-state index contributed by atoms with van der Waals surface area (Å²) in [6, 6.07) is 11.0. The Morgan fingerprint density at radius 2 is 2.04 bits per heavy atom. The second-order valence-corrected chi connectivity index (χ2v) is 6.35. The third kappa shape index (κ3) is 3.31. The minimum absolute atomic E-state index is 0.0692. The largest absolute Gasteiger partial charge is 0.358 e. The van der Waals surface area contributed by atoms with Crippen LogP contribution in [-0.4, -0.2) is 35.8 Å². The number of hydrogen-bond acceptors (Lipinski definition) is 6. The zero-order valence-electron chi connectivity index (χ0n) is 14.1. The van der Waals surface area contributed by atoms with E-state index in [9.17, 15) is 14.5 Å². The van der Waals surface area contributed by atoms with Crippen LogP contribution >= 0.6 is 11.6 Å². The Morgan fingerprint density at radius 1 is 1.31 bits per heavy atom. The molecule has 134 valence electrons. The van der Waals surface area contributed by atoms with Gasteiger partial charge in [0, 0.05) is 29.9 Å². The summed E-state index contributed by atoms with van der Waals surface area (Å²) in [5.74, 6) is -0.430. The van der Waals surface area contributed by atoms with Crippen LogP contribution in [0.1, 0.15) is 5.56 Å². The van der Waals surface area contributed by atoms with Crippen molar-refractivity contribution in [2.24, 2.45) is 10.2 Å². The zero-order valence-corrected chi connectivity index (χ0v) is 14.9. The van der Waals surface area contributed by atoms with E-state index < -0.39 is 5.82 Å². The summed E-state index contributed by atoms with van der Waals surface area (Å²) in [5.41, 5.74) is 0.659. The number of hydroxylamine groups is 2. The van der Waals surface area contributed by atoms with E-state index in [0.717, 1.165) is 5.06 Å². The molecular formula is C18H16ClFN4O2. The monoisotopic (exact) mass is 374 g/mol. The van der Waals surface area contributed by atoms with E-state index in [0.29, 0.717) is 15.6 Å². The normalized spacial score (nSPS) is 15.7. The standard InChI is InChI=1S/C18H16ClFN4O2/c1-23(2)18(22-25)16-10-24(26)17(12-5-3-4-6-14(12)20)13-9-11(19)7-8-15(13)21-16/h3-9,26H,10H2,1-2H3/b18-16+. The van der Waals surface area contributed by atoms with E-state index in [-0.39, 0.29) is 29.3 Å². The summed E-state index contributed by atoms with van der Waals surface area (Å²) in [6.07, 6.45) is 0. The second-order valence-electron chi connectivity index (χ2n) is 5.92. The van der Waals surface area contributed by atoms with Crippen molar-refractivity contribution in [2.75, 3.05) is 20.6 Å². The highest BCUT2D eigenvalue weighted by Gasteiger charge is 2.22. The highest BCUT2D eigenvalue weighted by atomic mass is 35.5. The third-order valence-electron chi connectivity index (χ3n) is 3.92. The number of halogens is 2. The molecule has 8 heteroatoms. The van der Waals surface area contributed by atoms with Gasteiger partial charge in [-0.15, -0.1) is 4.91 Å². The van der Waals surface area contributed by atoms with Gasteiger partial charge in [0.1, 0.15) is 11.5 Å². The fraction of sp³-hybridized carbons (Fsp3) is 0.167. The molecule has 0 bridgehead atoms. The Balaban J connectivity index is 2.43. The predicted molar refractivity (Wildman–Crippen MR) is 96.1 cm³/mol. The smallest absolute Gasteiger partial charge is 0.196 e. The molecule has 26 heavy (non-hydrogen) atoms. The van der Waals surface area contributed by atoms with Gasteiger partial charge in [-0.1, -0.05) is 23.7 Å². The third-order valence-corrected chi connectivity index (χ3v) is 4.16. The maximum Gasteiger partial charge on any atom is 0.196 e. The maximum atomic E-state index is 14.4. The fourth-order valence-corrected chi connectivity index (χ4v) is 2.96. The van der Waals surface area contributed by atoms with Gasteiger partial charge in [-0.25, -0.2) is 14.4 Å². The molecule has 1 heterocycles. The van der Waals surface area contributed by atoms with Gasteiger partial charge in [0.05, 0.1) is 17.6 Å². The lowest BCUT2D eigenvalue weighted by molar-refractivity contribution is -0.0192. The van der Waals surface area contributed by atoms with Crippen molar-refractivity contribution < 1.29 is 9.60 Å². The Bertz CT molecular complexity index is 1020.